The lowest BCUT2D eigenvalue weighted by molar-refractivity contribution is 0.259. The Morgan fingerprint density at radius 2 is 0.900 bits per heavy atom. The summed E-state index contributed by atoms with van der Waals surface area (Å²) in [7, 11) is -20.6. The Balaban J connectivity index is 3.73. The van der Waals surface area contributed by atoms with Gasteiger partial charge in [0.2, 0.25) is 0 Å². The van der Waals surface area contributed by atoms with Crippen molar-refractivity contribution in [2.24, 2.45) is 0 Å². The van der Waals surface area contributed by atoms with Crippen molar-refractivity contribution in [2.45, 2.75) is 141 Å². The standard InChI is InChI=1S/C30H76O8Si12/c1-18-29-19-21-30(22-20-29)50(36-46(12,13)25-23-39-31-41(2)3,37-47(14,15)26-24-40-32-42(4)5)38-48(16,17)27-28-49(33-43(6)7,34-44(8)9)35-45(10)11/h18-22,41-45H,1,23-28,39-40H2,2-17H3. The zero-order valence-electron chi connectivity index (χ0n) is 34.9. The van der Waals surface area contributed by atoms with Crippen molar-refractivity contribution in [3.05, 3.63) is 36.4 Å². The maximum absolute atomic E-state index is 7.70. The van der Waals surface area contributed by atoms with Gasteiger partial charge in [0.15, 0.2) is 70.2 Å². The second kappa shape index (κ2) is 22.7. The van der Waals surface area contributed by atoms with Crippen molar-refractivity contribution >= 4 is 119 Å². The van der Waals surface area contributed by atoms with Crippen LogP contribution in [0.2, 0.25) is 141 Å². The molecule has 0 unspecified atom stereocenters. The Hall–Kier alpha value is 1.24. The van der Waals surface area contributed by atoms with Crippen LogP contribution in [0.4, 0.5) is 0 Å². The van der Waals surface area contributed by atoms with Crippen molar-refractivity contribution in [3.63, 3.8) is 0 Å². The Morgan fingerprint density at radius 1 is 0.540 bits per heavy atom. The molecule has 0 spiro atoms. The fraction of sp³-hybridized carbons (Fsp3) is 0.733. The lowest BCUT2D eigenvalue weighted by Crippen LogP contribution is -2.68. The highest BCUT2D eigenvalue weighted by Gasteiger charge is 2.55. The van der Waals surface area contributed by atoms with Crippen molar-refractivity contribution in [1.29, 1.82) is 0 Å². The fourth-order valence-corrected chi connectivity index (χ4v) is 48.2. The van der Waals surface area contributed by atoms with E-state index in [1.807, 2.05) is 6.08 Å². The maximum Gasteiger partial charge on any atom is 0.505 e. The van der Waals surface area contributed by atoms with E-state index in [1.165, 1.54) is 0 Å². The van der Waals surface area contributed by atoms with E-state index in [9.17, 15) is 0 Å². The van der Waals surface area contributed by atoms with E-state index in [-0.39, 0.29) is 0 Å². The Bertz CT molecular complexity index is 1050. The smallest absolute Gasteiger partial charge is 0.463 e. The molecule has 1 aromatic rings. The first kappa shape index (κ1) is 49.3. The van der Waals surface area contributed by atoms with Crippen LogP contribution < -0.4 is 5.19 Å². The predicted octanol–water partition coefficient (Wildman–Crippen LogP) is 6.08. The van der Waals surface area contributed by atoms with Gasteiger partial charge in [-0.2, -0.15) is 0 Å². The number of rotatable bonds is 27. The third-order valence-electron chi connectivity index (χ3n) is 7.76. The number of hydrogen-bond donors (Lipinski definition) is 0. The summed E-state index contributed by atoms with van der Waals surface area (Å²) in [6.07, 6.45) is 1.90. The monoisotopic (exact) mass is 900 g/mol. The molecule has 0 saturated heterocycles. The zero-order valence-corrected chi connectivity index (χ0v) is 48.5. The summed E-state index contributed by atoms with van der Waals surface area (Å²) < 4.78 is 55.8. The Kier molecular flexibility index (Phi) is 22.4. The van der Waals surface area contributed by atoms with E-state index >= 15 is 0 Å². The minimum absolute atomic E-state index is 0.558. The van der Waals surface area contributed by atoms with Crippen molar-refractivity contribution < 1.29 is 32.9 Å². The molecule has 0 aliphatic rings. The van der Waals surface area contributed by atoms with Crippen LogP contribution in [-0.4, -0.2) is 107 Å². The zero-order chi connectivity index (χ0) is 38.4. The quantitative estimate of drug-likeness (QED) is 0.0778. The van der Waals surface area contributed by atoms with Crippen molar-refractivity contribution in [1.82, 2.24) is 0 Å². The van der Waals surface area contributed by atoms with Gasteiger partial charge in [0.05, 0.1) is 0 Å². The molecule has 292 valence electrons. The molecule has 50 heavy (non-hydrogen) atoms. The summed E-state index contributed by atoms with van der Waals surface area (Å²) in [5, 5.41) is 1.07. The minimum atomic E-state index is -3.43. The second-order valence-corrected chi connectivity index (χ2v) is 53.0. The van der Waals surface area contributed by atoms with Crippen LogP contribution >= 0.6 is 0 Å². The lowest BCUT2D eigenvalue weighted by atomic mass is 10.2. The van der Waals surface area contributed by atoms with Gasteiger partial charge in [0.25, 0.3) is 0 Å². The molecule has 0 N–H and O–H groups in total. The first-order valence-electron chi connectivity index (χ1n) is 19.0. The van der Waals surface area contributed by atoms with Crippen LogP contribution in [0.25, 0.3) is 6.08 Å². The first-order chi connectivity index (χ1) is 22.9. The Labute approximate surface area is 326 Å². The molecule has 0 radical (unpaired) electrons. The third kappa shape index (κ3) is 20.2. The normalized spacial score (nSPS) is 15.3. The second-order valence-electron chi connectivity index (χ2n) is 16.7. The summed E-state index contributed by atoms with van der Waals surface area (Å²) in [6, 6.07) is 14.7. The van der Waals surface area contributed by atoms with E-state index in [1.54, 1.807) is 0 Å². The molecule has 0 aliphatic carbocycles. The molecule has 0 aromatic heterocycles. The van der Waals surface area contributed by atoms with Crippen LogP contribution in [0.15, 0.2) is 30.8 Å². The van der Waals surface area contributed by atoms with E-state index in [2.05, 4.69) is 136 Å². The van der Waals surface area contributed by atoms with E-state index < -0.39 is 107 Å². The first-order valence-corrected chi connectivity index (χ1v) is 49.1. The minimum Gasteiger partial charge on any atom is -0.463 e. The summed E-state index contributed by atoms with van der Waals surface area (Å²) in [6.45, 7) is 40.6. The van der Waals surface area contributed by atoms with E-state index in [0.717, 1.165) is 47.0 Å². The van der Waals surface area contributed by atoms with Crippen molar-refractivity contribution in [2.75, 3.05) is 0 Å². The lowest BCUT2D eigenvalue weighted by Gasteiger charge is -2.45. The molecule has 0 bridgehead atoms. The van der Waals surface area contributed by atoms with Gasteiger partial charge in [-0.15, -0.1) is 0 Å². The molecule has 8 nitrogen and oxygen atoms in total. The molecule has 0 aliphatic heterocycles. The highest BCUT2D eigenvalue weighted by atomic mass is 28.5. The number of benzene rings is 1. The average molecular weight is 902 g/mol. The molecule has 1 aromatic carbocycles. The summed E-state index contributed by atoms with van der Waals surface area (Å²) in [5.74, 6) is 0. The number of hydrogen-bond acceptors (Lipinski definition) is 8. The predicted molar refractivity (Wildman–Crippen MR) is 249 cm³/mol. The van der Waals surface area contributed by atoms with Gasteiger partial charge in [0, 0.05) is 11.2 Å². The largest absolute Gasteiger partial charge is 0.505 e. The van der Waals surface area contributed by atoms with Gasteiger partial charge in [-0.25, -0.2) is 0 Å². The average Bonchev–Trinajstić information content (AvgIpc) is 2.94. The van der Waals surface area contributed by atoms with Gasteiger partial charge in [0.1, 0.15) is 19.5 Å². The fourth-order valence-electron chi connectivity index (χ4n) is 5.73. The van der Waals surface area contributed by atoms with E-state index in [0.29, 0.717) is 0 Å². The maximum atomic E-state index is 7.70. The summed E-state index contributed by atoms with van der Waals surface area (Å²) in [5.41, 5.74) is 1.08. The molecular formula is C30H76O8Si12. The van der Waals surface area contributed by atoms with Crippen LogP contribution in [0, 0.1) is 0 Å². The summed E-state index contributed by atoms with van der Waals surface area (Å²) in [4.78, 5) is 0. The summed E-state index contributed by atoms with van der Waals surface area (Å²) >= 11 is 0. The van der Waals surface area contributed by atoms with Gasteiger partial charge < -0.3 is 32.9 Å². The highest BCUT2D eigenvalue weighted by Crippen LogP contribution is 2.33. The molecular weight excluding hydrogens is 825 g/mol. The van der Waals surface area contributed by atoms with Crippen LogP contribution in [0.5, 0.6) is 0 Å². The molecule has 1 rings (SSSR count). The molecule has 20 heteroatoms. The molecule has 0 fully saturated rings. The molecule has 0 amide bonds. The molecule has 0 heterocycles. The van der Waals surface area contributed by atoms with Crippen LogP contribution in [-0.2, 0) is 32.9 Å². The van der Waals surface area contributed by atoms with Gasteiger partial charge in [-0.05, 0) is 141 Å². The van der Waals surface area contributed by atoms with Gasteiger partial charge in [-0.3, -0.25) is 0 Å². The van der Waals surface area contributed by atoms with Gasteiger partial charge in [-0.1, -0.05) is 36.9 Å². The SMILES string of the molecule is C=Cc1ccc([Si](O[Si](C)(C)CC[SiH2]O[SiH](C)C)(O[Si](C)(C)CC[SiH2]O[SiH](C)C)O[Si](C)(C)CC[Si](O[SiH](C)C)(O[SiH](C)C)O[SiH](C)C)cc1. The molecule has 0 atom stereocenters. The van der Waals surface area contributed by atoms with Crippen LogP contribution in [0.1, 0.15) is 5.56 Å². The van der Waals surface area contributed by atoms with Gasteiger partial charge >= 0.3 is 17.6 Å². The highest BCUT2D eigenvalue weighted by molar-refractivity contribution is 6.96. The van der Waals surface area contributed by atoms with Crippen LogP contribution in [0.3, 0.4) is 0 Å². The van der Waals surface area contributed by atoms with Crippen molar-refractivity contribution in [3.8, 4) is 0 Å². The topological polar surface area (TPSA) is 73.8 Å². The molecule has 0 saturated carbocycles. The third-order valence-corrected chi connectivity index (χ3v) is 44.5. The Morgan fingerprint density at radius 3 is 1.22 bits per heavy atom. The van der Waals surface area contributed by atoms with E-state index in [4.69, 9.17) is 32.9 Å².